The molecule has 3 rings (SSSR count). The minimum atomic E-state index is -5.94. The summed E-state index contributed by atoms with van der Waals surface area (Å²) < 4.78 is 78.0. The molecule has 0 amide bonds. The first-order valence-electron chi connectivity index (χ1n) is 6.26. The van der Waals surface area contributed by atoms with Crippen LogP contribution in [0.4, 0.5) is 17.6 Å². The first-order valence-corrected chi connectivity index (χ1v) is 8.49. The second kappa shape index (κ2) is 5.42. The second-order valence-electron chi connectivity index (χ2n) is 4.66. The van der Waals surface area contributed by atoms with Crippen LogP contribution in [0.25, 0.3) is 20.2 Å². The fraction of sp³-hybridized carbons (Fsp3) is 0.0714. The Balaban J connectivity index is 2.36. The second-order valence-corrected chi connectivity index (χ2v) is 7.25. The molecule has 0 aliphatic heterocycles. The monoisotopic (exact) mass is 378 g/mol. The smallest absolute Gasteiger partial charge is 0.374 e. The van der Waals surface area contributed by atoms with E-state index in [2.05, 4.69) is 4.18 Å². The lowest BCUT2D eigenvalue weighted by Gasteiger charge is -2.11. The number of alkyl halides is 3. The Hall–Kier alpha value is -2.20. The highest BCUT2D eigenvalue weighted by molar-refractivity contribution is 7.88. The molecule has 0 unspecified atom stereocenters. The van der Waals surface area contributed by atoms with E-state index in [-0.39, 0.29) is 10.1 Å². The molecule has 1 aromatic heterocycles. The van der Waals surface area contributed by atoms with Gasteiger partial charge in [-0.1, -0.05) is 12.1 Å². The van der Waals surface area contributed by atoms with Crippen molar-refractivity contribution in [3.8, 4) is 5.75 Å². The number of hydrogen-bond donors (Lipinski definition) is 0. The van der Waals surface area contributed by atoms with Crippen molar-refractivity contribution in [3.05, 3.63) is 52.4 Å². The third-order valence-electron chi connectivity index (χ3n) is 3.12. The first kappa shape index (κ1) is 16.7. The van der Waals surface area contributed by atoms with Gasteiger partial charge < -0.3 is 4.18 Å². The summed E-state index contributed by atoms with van der Waals surface area (Å²) >= 11 is 0.761. The minimum Gasteiger partial charge on any atom is -0.374 e. The first-order chi connectivity index (χ1) is 11.1. The van der Waals surface area contributed by atoms with Gasteiger partial charge in [-0.05, 0) is 24.3 Å². The standard InChI is InChI=1S/C14H6F4O4S2/c15-8-5-6-9(22-24(20,21)14(16,17)18)13-11(8)12(19)7-3-1-2-4-10(7)23-13/h1-6H. The maximum absolute atomic E-state index is 14.0. The lowest BCUT2D eigenvalue weighted by atomic mass is 10.1. The fourth-order valence-corrected chi connectivity index (χ4v) is 3.73. The van der Waals surface area contributed by atoms with Crippen molar-refractivity contribution in [2.24, 2.45) is 0 Å². The van der Waals surface area contributed by atoms with Gasteiger partial charge in [0, 0.05) is 10.1 Å². The SMILES string of the molecule is O=c1c2ccccc2sc2c(OS(=O)(=O)C(F)(F)F)ccc(F)c12. The molecule has 0 N–H and O–H groups in total. The van der Waals surface area contributed by atoms with E-state index in [1.807, 2.05) is 0 Å². The topological polar surface area (TPSA) is 60.4 Å². The van der Waals surface area contributed by atoms with E-state index in [4.69, 9.17) is 0 Å². The third kappa shape index (κ3) is 2.61. The number of fused-ring (bicyclic) bond motifs is 2. The molecule has 0 saturated carbocycles. The van der Waals surface area contributed by atoms with Crippen molar-refractivity contribution in [2.75, 3.05) is 0 Å². The molecule has 126 valence electrons. The van der Waals surface area contributed by atoms with E-state index in [0.29, 0.717) is 10.8 Å². The van der Waals surface area contributed by atoms with E-state index in [1.165, 1.54) is 12.1 Å². The summed E-state index contributed by atoms with van der Waals surface area (Å²) in [6.45, 7) is 0. The summed E-state index contributed by atoms with van der Waals surface area (Å²) in [7, 11) is -5.94. The van der Waals surface area contributed by atoms with E-state index in [0.717, 1.165) is 17.4 Å². The Morgan fingerprint density at radius 2 is 1.71 bits per heavy atom. The van der Waals surface area contributed by atoms with Crippen LogP contribution >= 0.6 is 11.3 Å². The zero-order valence-corrected chi connectivity index (χ0v) is 13.1. The van der Waals surface area contributed by atoms with Gasteiger partial charge in [-0.3, -0.25) is 4.79 Å². The van der Waals surface area contributed by atoms with E-state index >= 15 is 0 Å². The van der Waals surface area contributed by atoms with Crippen molar-refractivity contribution in [1.29, 1.82) is 0 Å². The number of rotatable bonds is 2. The lowest BCUT2D eigenvalue weighted by Crippen LogP contribution is -2.28. The fourth-order valence-electron chi connectivity index (χ4n) is 2.07. The maximum atomic E-state index is 14.0. The van der Waals surface area contributed by atoms with Crippen LogP contribution in [0, 0.1) is 5.82 Å². The highest BCUT2D eigenvalue weighted by Crippen LogP contribution is 2.36. The Morgan fingerprint density at radius 1 is 1.04 bits per heavy atom. The average molecular weight is 378 g/mol. The summed E-state index contributed by atoms with van der Waals surface area (Å²) in [6, 6.07) is 7.50. The molecular weight excluding hydrogens is 372 g/mol. The molecular formula is C14H6F4O4S2. The third-order valence-corrected chi connectivity index (χ3v) is 5.28. The molecule has 0 aliphatic rings. The summed E-state index contributed by atoms with van der Waals surface area (Å²) in [5.74, 6) is -1.73. The molecule has 0 aliphatic carbocycles. The van der Waals surface area contributed by atoms with Crippen molar-refractivity contribution in [2.45, 2.75) is 5.51 Å². The van der Waals surface area contributed by atoms with E-state index < -0.39 is 38.0 Å². The Bertz CT molecular complexity index is 1120. The van der Waals surface area contributed by atoms with Crippen LogP contribution in [0.15, 0.2) is 41.2 Å². The van der Waals surface area contributed by atoms with Crippen molar-refractivity contribution < 1.29 is 30.2 Å². The molecule has 4 nitrogen and oxygen atoms in total. The Kier molecular flexibility index (Phi) is 3.76. The summed E-state index contributed by atoms with van der Waals surface area (Å²) in [4.78, 5) is 12.4. The molecule has 3 aromatic rings. The molecule has 1 heterocycles. The highest BCUT2D eigenvalue weighted by Gasteiger charge is 2.48. The Morgan fingerprint density at radius 3 is 2.38 bits per heavy atom. The van der Waals surface area contributed by atoms with Gasteiger partial charge in [0.1, 0.15) is 5.82 Å². The molecule has 0 spiro atoms. The summed E-state index contributed by atoms with van der Waals surface area (Å²) in [5, 5.41) is -0.349. The molecule has 0 saturated heterocycles. The van der Waals surface area contributed by atoms with Crippen LogP contribution in [0.5, 0.6) is 5.75 Å². The summed E-state index contributed by atoms with van der Waals surface area (Å²) in [5.41, 5.74) is -6.40. The van der Waals surface area contributed by atoms with Crippen LogP contribution in [-0.2, 0) is 10.1 Å². The molecule has 0 atom stereocenters. The average Bonchev–Trinajstić information content (AvgIpc) is 2.49. The van der Waals surface area contributed by atoms with Crippen molar-refractivity contribution in [1.82, 2.24) is 0 Å². The molecule has 0 fully saturated rings. The predicted octanol–water partition coefficient (Wildman–Crippen LogP) is 3.78. The minimum absolute atomic E-state index is 0.171. The van der Waals surface area contributed by atoms with Gasteiger partial charge in [0.2, 0.25) is 0 Å². The molecule has 0 radical (unpaired) electrons. The van der Waals surface area contributed by atoms with Gasteiger partial charge in [-0.2, -0.15) is 21.6 Å². The normalized spacial score (nSPS) is 12.7. The van der Waals surface area contributed by atoms with Crippen LogP contribution in [-0.4, -0.2) is 13.9 Å². The van der Waals surface area contributed by atoms with Gasteiger partial charge >= 0.3 is 15.6 Å². The largest absolute Gasteiger partial charge is 0.534 e. The molecule has 10 heteroatoms. The van der Waals surface area contributed by atoms with E-state index in [1.54, 1.807) is 12.1 Å². The summed E-state index contributed by atoms with van der Waals surface area (Å²) in [6.07, 6.45) is 0. The lowest BCUT2D eigenvalue weighted by molar-refractivity contribution is -0.0499. The highest BCUT2D eigenvalue weighted by atomic mass is 32.2. The van der Waals surface area contributed by atoms with Gasteiger partial charge in [-0.15, -0.1) is 11.3 Å². The van der Waals surface area contributed by atoms with Gasteiger partial charge in [0.15, 0.2) is 11.2 Å². The zero-order valence-electron chi connectivity index (χ0n) is 11.4. The number of benzene rings is 2. The number of halogens is 4. The van der Waals surface area contributed by atoms with Crippen molar-refractivity contribution in [3.63, 3.8) is 0 Å². The maximum Gasteiger partial charge on any atom is 0.534 e. The zero-order chi connectivity index (χ0) is 17.7. The van der Waals surface area contributed by atoms with Crippen LogP contribution < -0.4 is 9.61 Å². The van der Waals surface area contributed by atoms with Gasteiger partial charge in [0.05, 0.1) is 10.1 Å². The van der Waals surface area contributed by atoms with Crippen LogP contribution in [0.3, 0.4) is 0 Å². The molecule has 2 aromatic carbocycles. The van der Waals surface area contributed by atoms with E-state index in [9.17, 15) is 30.8 Å². The van der Waals surface area contributed by atoms with Gasteiger partial charge in [0.25, 0.3) is 0 Å². The van der Waals surface area contributed by atoms with Crippen molar-refractivity contribution >= 4 is 41.6 Å². The number of hydrogen-bond acceptors (Lipinski definition) is 5. The molecule has 0 bridgehead atoms. The van der Waals surface area contributed by atoms with Gasteiger partial charge in [-0.25, -0.2) is 4.39 Å². The predicted molar refractivity (Wildman–Crippen MR) is 81.2 cm³/mol. The van der Waals surface area contributed by atoms with Crippen LogP contribution in [0.1, 0.15) is 0 Å². The Labute approximate surface area is 136 Å². The quantitative estimate of drug-likeness (QED) is 0.295. The van der Waals surface area contributed by atoms with Crippen LogP contribution in [0.2, 0.25) is 0 Å². The molecule has 24 heavy (non-hydrogen) atoms.